The molecule has 0 atom stereocenters. The fraction of sp³-hybridized carbons (Fsp3) is 1.00. The van der Waals surface area contributed by atoms with Crippen LogP contribution >= 0.6 is 0 Å². The summed E-state index contributed by atoms with van der Waals surface area (Å²) < 4.78 is 0. The van der Waals surface area contributed by atoms with Crippen molar-refractivity contribution in [2.75, 3.05) is 39.3 Å². The normalized spacial score (nSPS) is 21.6. The van der Waals surface area contributed by atoms with Crippen molar-refractivity contribution in [1.82, 2.24) is 0 Å². The van der Waals surface area contributed by atoms with Crippen LogP contribution in [0.3, 0.4) is 0 Å². The predicted molar refractivity (Wildman–Crippen MR) is 39.3 cm³/mol. The summed E-state index contributed by atoms with van der Waals surface area (Å²) in [6.07, 6.45) is 0. The molecule has 3 nitrogen and oxygen atoms in total. The van der Waals surface area contributed by atoms with E-state index in [4.69, 9.17) is 0 Å². The Morgan fingerprint density at radius 1 is 0.500 bits per heavy atom. The molecule has 0 aromatic rings. The molecule has 0 unspecified atom stereocenters. The van der Waals surface area contributed by atoms with Crippen molar-refractivity contribution in [3.63, 3.8) is 0 Å². The van der Waals surface area contributed by atoms with Crippen LogP contribution in [-0.2, 0) is 17.1 Å². The van der Waals surface area contributed by atoms with Crippen molar-refractivity contribution in [1.29, 1.82) is 0 Å². The van der Waals surface area contributed by atoms with Gasteiger partial charge in [-0.1, -0.05) is 0 Å². The first-order chi connectivity index (χ1) is 4.50. The van der Waals surface area contributed by atoms with Gasteiger partial charge in [-0.15, -0.1) is 0 Å². The topological polar surface area (TPSA) is 42.3 Å². The largest absolute Gasteiger partial charge is 0.665 e. The van der Waals surface area contributed by atoms with E-state index in [-0.39, 0.29) is 17.1 Å². The van der Waals surface area contributed by atoms with E-state index in [1.165, 1.54) is 0 Å². The third kappa shape index (κ3) is 5.21. The first-order valence-corrected chi connectivity index (χ1v) is 3.40. The molecule has 1 rings (SSSR count). The molecule has 0 aliphatic carbocycles. The van der Waals surface area contributed by atoms with Gasteiger partial charge in [0.2, 0.25) is 0 Å². The molecule has 65 valence electrons. The van der Waals surface area contributed by atoms with Gasteiger partial charge in [0.15, 0.2) is 0 Å². The third-order valence-electron chi connectivity index (χ3n) is 1.25. The van der Waals surface area contributed by atoms with E-state index < -0.39 is 0 Å². The molecule has 10 heavy (non-hydrogen) atoms. The maximum atomic E-state index is 4.20. The minimum atomic E-state index is 0. The quantitative estimate of drug-likeness (QED) is 0.513. The summed E-state index contributed by atoms with van der Waals surface area (Å²) in [5, 5.41) is 12.6. The molecule has 0 aromatic heterocycles. The van der Waals surface area contributed by atoms with Crippen LogP contribution < -0.4 is 0 Å². The van der Waals surface area contributed by atoms with Crippen molar-refractivity contribution in [2.45, 2.75) is 0 Å². The zero-order valence-corrected chi connectivity index (χ0v) is 6.83. The second-order valence-corrected chi connectivity index (χ2v) is 2.01. The molecule has 1 aliphatic heterocycles. The van der Waals surface area contributed by atoms with E-state index in [9.17, 15) is 0 Å². The van der Waals surface area contributed by atoms with Crippen LogP contribution in [0.1, 0.15) is 0 Å². The smallest absolute Gasteiger partial charge is 0 e. The fourth-order valence-electron chi connectivity index (χ4n) is 0.760. The van der Waals surface area contributed by atoms with Crippen LogP contribution in [0.25, 0.3) is 16.0 Å². The van der Waals surface area contributed by atoms with Gasteiger partial charge >= 0.3 is 0 Å². The minimum Gasteiger partial charge on any atom is -0.665 e. The zero-order valence-electron chi connectivity index (χ0n) is 5.89. The van der Waals surface area contributed by atoms with Gasteiger partial charge in [0.25, 0.3) is 0 Å². The number of hydrogen-bond donors (Lipinski definition) is 0. The summed E-state index contributed by atoms with van der Waals surface area (Å²) in [5.74, 6) is 0. The Morgan fingerprint density at radius 3 is 0.900 bits per heavy atom. The third-order valence-corrected chi connectivity index (χ3v) is 1.25. The van der Waals surface area contributed by atoms with E-state index in [0.29, 0.717) is 0 Å². The SMILES string of the molecule is C1C[N-]CC[N-]CC[N-]1.[64Cu]. The number of rotatable bonds is 0. The van der Waals surface area contributed by atoms with E-state index in [0.717, 1.165) is 39.3 Å². The number of nitrogens with zero attached hydrogens (tertiary/aromatic N) is 3. The Labute approximate surface area is 72.8 Å². The van der Waals surface area contributed by atoms with Crippen LogP contribution in [0.2, 0.25) is 0 Å². The van der Waals surface area contributed by atoms with Crippen molar-refractivity contribution >= 4 is 0 Å². The van der Waals surface area contributed by atoms with Crippen molar-refractivity contribution < 1.29 is 17.1 Å². The Balaban J connectivity index is 0.000000810. The first kappa shape index (κ1) is 10.4. The summed E-state index contributed by atoms with van der Waals surface area (Å²) in [7, 11) is 0. The predicted octanol–water partition coefficient (Wildman–Crippen LogP) is 1.12. The van der Waals surface area contributed by atoms with Gasteiger partial charge in [-0.2, -0.15) is 39.3 Å². The molecular weight excluding hydrogens is 178 g/mol. The molecule has 0 aromatic carbocycles. The van der Waals surface area contributed by atoms with Gasteiger partial charge in [-0.05, 0) is 0 Å². The summed E-state index contributed by atoms with van der Waals surface area (Å²) in [5.41, 5.74) is 0. The molecule has 0 N–H and O–H groups in total. The van der Waals surface area contributed by atoms with Gasteiger partial charge in [0.1, 0.15) is 0 Å². The summed E-state index contributed by atoms with van der Waals surface area (Å²) in [6, 6.07) is 0. The van der Waals surface area contributed by atoms with Gasteiger partial charge in [-0.25, -0.2) is 0 Å². The molecule has 4 heteroatoms. The molecule has 1 saturated heterocycles. The van der Waals surface area contributed by atoms with Crippen molar-refractivity contribution in [2.24, 2.45) is 0 Å². The van der Waals surface area contributed by atoms with E-state index >= 15 is 0 Å². The standard InChI is InChI=1S/C6H12N3.Cu/c1-2-8-5-6-9-4-3-7-1;/h1-6H2;/q-3;/i;1+0. The van der Waals surface area contributed by atoms with Gasteiger partial charge < -0.3 is 16.0 Å². The first-order valence-electron chi connectivity index (χ1n) is 3.40. The molecular formula is C6H12CuN3-3. The second-order valence-electron chi connectivity index (χ2n) is 2.01. The van der Waals surface area contributed by atoms with E-state index in [1.807, 2.05) is 0 Å². The maximum Gasteiger partial charge on any atom is 0 e. The molecule has 1 fully saturated rings. The van der Waals surface area contributed by atoms with Gasteiger partial charge in [0.05, 0.1) is 0 Å². The number of hydrogen-bond acceptors (Lipinski definition) is 0. The average molecular weight is 190 g/mol. The van der Waals surface area contributed by atoms with Crippen LogP contribution in [-0.4, -0.2) is 39.3 Å². The molecule has 0 bridgehead atoms. The molecule has 0 saturated carbocycles. The summed E-state index contributed by atoms with van der Waals surface area (Å²) in [4.78, 5) is 0. The Morgan fingerprint density at radius 2 is 0.700 bits per heavy atom. The fourth-order valence-corrected chi connectivity index (χ4v) is 0.760. The average Bonchev–Trinajstić information content (AvgIpc) is 2.00. The summed E-state index contributed by atoms with van der Waals surface area (Å²) in [6.45, 7) is 5.39. The zero-order chi connectivity index (χ0) is 6.36. The van der Waals surface area contributed by atoms with Gasteiger partial charge in [0, 0.05) is 17.1 Å². The molecule has 1 aliphatic rings. The Kier molecular flexibility index (Phi) is 7.81. The van der Waals surface area contributed by atoms with Crippen LogP contribution in [0, 0.1) is 0 Å². The van der Waals surface area contributed by atoms with Crippen LogP contribution in [0.4, 0.5) is 0 Å². The van der Waals surface area contributed by atoms with E-state index in [2.05, 4.69) is 16.0 Å². The van der Waals surface area contributed by atoms with Crippen molar-refractivity contribution in [3.8, 4) is 0 Å². The monoisotopic (exact) mass is 190 g/mol. The van der Waals surface area contributed by atoms with Crippen molar-refractivity contribution in [3.05, 3.63) is 16.0 Å². The van der Waals surface area contributed by atoms with E-state index in [1.54, 1.807) is 0 Å². The van der Waals surface area contributed by atoms with Crippen LogP contribution in [0.15, 0.2) is 0 Å². The Hall–Kier alpha value is 0.399. The summed E-state index contributed by atoms with van der Waals surface area (Å²) >= 11 is 0. The second kappa shape index (κ2) is 7.51. The minimum absolute atomic E-state index is 0. The van der Waals surface area contributed by atoms with Crippen LogP contribution in [0.5, 0.6) is 0 Å². The molecule has 1 heterocycles. The Bertz CT molecular complexity index is 41.5. The molecule has 0 spiro atoms. The van der Waals surface area contributed by atoms with Gasteiger partial charge in [-0.3, -0.25) is 0 Å². The molecule has 0 amide bonds. The maximum absolute atomic E-state index is 4.20. The molecule has 1 radical (unpaired) electrons.